The van der Waals surface area contributed by atoms with Gasteiger partial charge in [0.2, 0.25) is 0 Å². The largest absolute Gasteiger partial charge is 0.386 e. The molecule has 2 aromatic rings. The molecule has 3 N–H and O–H groups in total. The number of rotatable bonds is 3. The molecule has 0 spiro atoms. The van der Waals surface area contributed by atoms with Crippen LogP contribution in [0.25, 0.3) is 0 Å². The molecule has 2 heteroatoms. The number of benzene rings is 2. The Morgan fingerprint density at radius 1 is 0.889 bits per heavy atom. The van der Waals surface area contributed by atoms with E-state index in [1.165, 1.54) is 11.1 Å². The minimum atomic E-state index is -0.674. The Morgan fingerprint density at radius 3 is 2.17 bits per heavy atom. The van der Waals surface area contributed by atoms with Crippen molar-refractivity contribution in [3.8, 4) is 0 Å². The number of hydrogen-bond donors (Lipinski definition) is 2. The van der Waals surface area contributed by atoms with Gasteiger partial charge in [-0.05, 0) is 36.1 Å². The third-order valence-corrected chi connectivity index (χ3v) is 3.40. The van der Waals surface area contributed by atoms with Crippen LogP contribution in [0.3, 0.4) is 0 Å². The van der Waals surface area contributed by atoms with Gasteiger partial charge in [-0.1, -0.05) is 48.5 Å². The molecule has 0 bridgehead atoms. The van der Waals surface area contributed by atoms with Gasteiger partial charge in [0.25, 0.3) is 0 Å². The summed E-state index contributed by atoms with van der Waals surface area (Å²) in [4.78, 5) is 0. The van der Waals surface area contributed by atoms with Crippen LogP contribution in [-0.4, -0.2) is 5.11 Å². The summed E-state index contributed by atoms with van der Waals surface area (Å²) in [6.45, 7) is 4.10. The van der Waals surface area contributed by atoms with E-state index in [4.69, 9.17) is 5.73 Å². The fraction of sp³-hybridized carbons (Fsp3) is 0.250. The molecule has 0 saturated carbocycles. The Labute approximate surface area is 108 Å². The van der Waals surface area contributed by atoms with Gasteiger partial charge in [-0.15, -0.1) is 0 Å². The molecule has 0 aliphatic heterocycles. The fourth-order valence-corrected chi connectivity index (χ4v) is 2.01. The predicted molar refractivity (Wildman–Crippen MR) is 74.2 cm³/mol. The normalized spacial score (nSPS) is 14.2. The molecule has 18 heavy (non-hydrogen) atoms. The van der Waals surface area contributed by atoms with E-state index in [0.29, 0.717) is 0 Å². The highest BCUT2D eigenvalue weighted by Gasteiger charge is 2.18. The van der Waals surface area contributed by atoms with Crippen molar-refractivity contribution in [3.05, 3.63) is 70.8 Å². The van der Waals surface area contributed by atoms with Crippen molar-refractivity contribution >= 4 is 0 Å². The average molecular weight is 241 g/mol. The van der Waals surface area contributed by atoms with Crippen molar-refractivity contribution in [2.45, 2.75) is 26.0 Å². The molecule has 0 heterocycles. The monoisotopic (exact) mass is 241 g/mol. The molecule has 0 fully saturated rings. The SMILES string of the molecule is Cc1ccc(C(O)C(N)c2ccccc2)cc1C. The second kappa shape index (κ2) is 5.34. The Bertz CT molecular complexity index is 522. The maximum Gasteiger partial charge on any atom is 0.0982 e. The van der Waals surface area contributed by atoms with E-state index in [2.05, 4.69) is 6.92 Å². The Kier molecular flexibility index (Phi) is 3.80. The van der Waals surface area contributed by atoms with E-state index in [1.807, 2.05) is 55.5 Å². The number of hydrogen-bond acceptors (Lipinski definition) is 2. The first-order valence-electron chi connectivity index (χ1n) is 6.15. The van der Waals surface area contributed by atoms with Crippen molar-refractivity contribution in [1.29, 1.82) is 0 Å². The Hall–Kier alpha value is -1.64. The minimum absolute atomic E-state index is 0.395. The molecule has 0 amide bonds. The molecule has 2 nitrogen and oxygen atoms in total. The summed E-state index contributed by atoms with van der Waals surface area (Å²) in [7, 11) is 0. The lowest BCUT2D eigenvalue weighted by molar-refractivity contribution is 0.147. The van der Waals surface area contributed by atoms with Gasteiger partial charge < -0.3 is 10.8 Å². The lowest BCUT2D eigenvalue weighted by atomic mass is 9.94. The molecule has 0 radical (unpaired) electrons. The van der Waals surface area contributed by atoms with E-state index in [1.54, 1.807) is 0 Å². The number of aliphatic hydroxyl groups is 1. The molecule has 0 aromatic heterocycles. The summed E-state index contributed by atoms with van der Waals surface area (Å²) in [5.41, 5.74) is 10.3. The van der Waals surface area contributed by atoms with Gasteiger partial charge in [-0.2, -0.15) is 0 Å². The van der Waals surface area contributed by atoms with Crippen LogP contribution in [0.4, 0.5) is 0 Å². The number of aliphatic hydroxyl groups excluding tert-OH is 1. The highest BCUT2D eigenvalue weighted by Crippen LogP contribution is 2.27. The third kappa shape index (κ3) is 2.61. The quantitative estimate of drug-likeness (QED) is 0.867. The van der Waals surface area contributed by atoms with Gasteiger partial charge in [0.1, 0.15) is 0 Å². The van der Waals surface area contributed by atoms with Crippen LogP contribution in [0.2, 0.25) is 0 Å². The fourth-order valence-electron chi connectivity index (χ4n) is 2.01. The first-order chi connectivity index (χ1) is 8.59. The third-order valence-electron chi connectivity index (χ3n) is 3.40. The first-order valence-corrected chi connectivity index (χ1v) is 6.15. The zero-order chi connectivity index (χ0) is 13.1. The van der Waals surface area contributed by atoms with Gasteiger partial charge in [-0.3, -0.25) is 0 Å². The van der Waals surface area contributed by atoms with Crippen molar-refractivity contribution in [3.63, 3.8) is 0 Å². The highest BCUT2D eigenvalue weighted by atomic mass is 16.3. The van der Waals surface area contributed by atoms with Gasteiger partial charge in [0.15, 0.2) is 0 Å². The van der Waals surface area contributed by atoms with Crippen molar-refractivity contribution in [1.82, 2.24) is 0 Å². The number of aryl methyl sites for hydroxylation is 2. The van der Waals surface area contributed by atoms with Gasteiger partial charge in [0.05, 0.1) is 12.1 Å². The number of nitrogens with two attached hydrogens (primary N) is 1. The lowest BCUT2D eigenvalue weighted by Crippen LogP contribution is -2.19. The summed E-state index contributed by atoms with van der Waals surface area (Å²) in [6, 6.07) is 15.3. The standard InChI is InChI=1S/C16H19NO/c1-11-8-9-14(10-12(11)2)16(18)15(17)13-6-4-3-5-7-13/h3-10,15-16,18H,17H2,1-2H3. The van der Waals surface area contributed by atoms with E-state index >= 15 is 0 Å². The van der Waals surface area contributed by atoms with Crippen molar-refractivity contribution < 1.29 is 5.11 Å². The predicted octanol–water partition coefficient (Wildman–Crippen LogP) is 3.04. The van der Waals surface area contributed by atoms with Crippen LogP contribution in [0.15, 0.2) is 48.5 Å². The zero-order valence-electron chi connectivity index (χ0n) is 10.8. The van der Waals surface area contributed by atoms with Crippen LogP contribution in [0.5, 0.6) is 0 Å². The molecule has 94 valence electrons. The first kappa shape index (κ1) is 12.8. The van der Waals surface area contributed by atoms with E-state index in [9.17, 15) is 5.11 Å². The van der Waals surface area contributed by atoms with Crippen molar-refractivity contribution in [2.75, 3.05) is 0 Å². The van der Waals surface area contributed by atoms with Crippen LogP contribution >= 0.6 is 0 Å². The summed E-state index contributed by atoms with van der Waals surface area (Å²) in [5.74, 6) is 0. The Morgan fingerprint density at radius 2 is 1.56 bits per heavy atom. The van der Waals surface area contributed by atoms with Crippen LogP contribution in [0.1, 0.15) is 34.4 Å². The summed E-state index contributed by atoms with van der Waals surface area (Å²) in [6.07, 6.45) is -0.674. The molecule has 0 aliphatic rings. The smallest absolute Gasteiger partial charge is 0.0982 e. The van der Waals surface area contributed by atoms with Crippen LogP contribution < -0.4 is 5.73 Å². The average Bonchev–Trinajstić information content (AvgIpc) is 2.41. The van der Waals surface area contributed by atoms with Gasteiger partial charge in [0, 0.05) is 0 Å². The summed E-state index contributed by atoms with van der Waals surface area (Å²) < 4.78 is 0. The molecular weight excluding hydrogens is 222 g/mol. The minimum Gasteiger partial charge on any atom is -0.386 e. The summed E-state index contributed by atoms with van der Waals surface area (Å²) >= 11 is 0. The Balaban J connectivity index is 2.25. The molecule has 2 atom stereocenters. The van der Waals surface area contributed by atoms with E-state index < -0.39 is 12.1 Å². The molecule has 0 aliphatic carbocycles. The maximum absolute atomic E-state index is 10.3. The van der Waals surface area contributed by atoms with E-state index in [-0.39, 0.29) is 0 Å². The lowest BCUT2D eigenvalue weighted by Gasteiger charge is -2.20. The van der Waals surface area contributed by atoms with Gasteiger partial charge in [-0.25, -0.2) is 0 Å². The second-order valence-electron chi connectivity index (χ2n) is 4.73. The molecule has 0 saturated heterocycles. The second-order valence-corrected chi connectivity index (χ2v) is 4.73. The maximum atomic E-state index is 10.3. The highest BCUT2D eigenvalue weighted by molar-refractivity contribution is 5.33. The molecule has 2 aromatic carbocycles. The topological polar surface area (TPSA) is 46.2 Å². The van der Waals surface area contributed by atoms with Gasteiger partial charge >= 0.3 is 0 Å². The van der Waals surface area contributed by atoms with E-state index in [0.717, 1.165) is 11.1 Å². The molecular formula is C16H19NO. The zero-order valence-corrected chi connectivity index (χ0v) is 10.8. The molecule has 2 rings (SSSR count). The van der Waals surface area contributed by atoms with Crippen LogP contribution in [0, 0.1) is 13.8 Å². The molecule has 2 unspecified atom stereocenters. The summed E-state index contributed by atoms with van der Waals surface area (Å²) in [5, 5.41) is 10.3. The van der Waals surface area contributed by atoms with Crippen LogP contribution in [-0.2, 0) is 0 Å². The van der Waals surface area contributed by atoms with Crippen molar-refractivity contribution in [2.24, 2.45) is 5.73 Å².